The molecule has 0 atom stereocenters. The van der Waals surface area contributed by atoms with Crippen LogP contribution in [-0.4, -0.2) is 14.8 Å². The molecule has 0 aliphatic carbocycles. The molecule has 2 aromatic rings. The minimum atomic E-state index is 0.504. The SMILES string of the molecule is Cc1c2c(Cl)ncc(Br)c2nn1C. The molecule has 68 valence electrons. The molecule has 2 aromatic heterocycles. The Hall–Kier alpha value is -0.610. The number of hydrogen-bond donors (Lipinski definition) is 0. The lowest BCUT2D eigenvalue weighted by Crippen LogP contribution is -1.91. The summed E-state index contributed by atoms with van der Waals surface area (Å²) < 4.78 is 2.67. The van der Waals surface area contributed by atoms with Gasteiger partial charge in [0.2, 0.25) is 0 Å². The normalized spacial score (nSPS) is 11.1. The summed E-state index contributed by atoms with van der Waals surface area (Å²) in [5.74, 6) is 0. The highest BCUT2D eigenvalue weighted by atomic mass is 79.9. The quantitative estimate of drug-likeness (QED) is 0.682. The third-order valence-electron chi connectivity index (χ3n) is 2.06. The molecule has 0 amide bonds. The molecule has 13 heavy (non-hydrogen) atoms. The van der Waals surface area contributed by atoms with Crippen LogP contribution in [0.5, 0.6) is 0 Å². The summed E-state index contributed by atoms with van der Waals surface area (Å²) in [6.45, 7) is 1.97. The smallest absolute Gasteiger partial charge is 0.140 e. The van der Waals surface area contributed by atoms with E-state index in [1.54, 1.807) is 10.9 Å². The molecule has 0 radical (unpaired) electrons. The maximum atomic E-state index is 5.96. The van der Waals surface area contributed by atoms with E-state index in [1.807, 2.05) is 14.0 Å². The first-order chi connectivity index (χ1) is 6.11. The van der Waals surface area contributed by atoms with Crippen LogP contribution in [0.1, 0.15) is 5.69 Å². The van der Waals surface area contributed by atoms with Crippen LogP contribution in [0.2, 0.25) is 5.15 Å². The molecule has 0 fully saturated rings. The first kappa shape index (κ1) is 8.97. The Kier molecular flexibility index (Phi) is 2.04. The minimum absolute atomic E-state index is 0.504. The van der Waals surface area contributed by atoms with Crippen LogP contribution in [0.4, 0.5) is 0 Å². The molecule has 3 nitrogen and oxygen atoms in total. The lowest BCUT2D eigenvalue weighted by atomic mass is 10.3. The van der Waals surface area contributed by atoms with E-state index < -0.39 is 0 Å². The molecule has 0 aromatic carbocycles. The zero-order valence-corrected chi connectivity index (χ0v) is 9.52. The van der Waals surface area contributed by atoms with E-state index in [2.05, 4.69) is 26.0 Å². The molecule has 0 saturated carbocycles. The number of fused-ring (bicyclic) bond motifs is 1. The maximum absolute atomic E-state index is 5.96. The van der Waals surface area contributed by atoms with Crippen LogP contribution >= 0.6 is 27.5 Å². The molecule has 0 bridgehead atoms. The number of rotatable bonds is 0. The highest BCUT2D eigenvalue weighted by molar-refractivity contribution is 9.10. The lowest BCUT2D eigenvalue weighted by molar-refractivity contribution is 0.750. The summed E-state index contributed by atoms with van der Waals surface area (Å²) in [6.07, 6.45) is 1.66. The van der Waals surface area contributed by atoms with Gasteiger partial charge in [0.1, 0.15) is 10.7 Å². The van der Waals surface area contributed by atoms with Crippen LogP contribution in [0, 0.1) is 6.92 Å². The molecule has 2 rings (SSSR count). The van der Waals surface area contributed by atoms with Gasteiger partial charge in [0.05, 0.1) is 9.86 Å². The van der Waals surface area contributed by atoms with E-state index in [4.69, 9.17) is 11.6 Å². The van der Waals surface area contributed by atoms with Crippen LogP contribution < -0.4 is 0 Å². The Bertz CT molecular complexity index is 478. The highest BCUT2D eigenvalue weighted by Crippen LogP contribution is 2.29. The summed E-state index contributed by atoms with van der Waals surface area (Å²) in [5, 5.41) is 5.74. The van der Waals surface area contributed by atoms with Crippen LogP contribution in [0.15, 0.2) is 10.7 Å². The third-order valence-corrected chi connectivity index (χ3v) is 2.92. The molecule has 0 aliphatic rings. The van der Waals surface area contributed by atoms with Gasteiger partial charge in [0.15, 0.2) is 0 Å². The van der Waals surface area contributed by atoms with E-state index in [0.29, 0.717) is 5.15 Å². The predicted molar refractivity (Wildman–Crippen MR) is 56.0 cm³/mol. The Balaban J connectivity index is 3.00. The van der Waals surface area contributed by atoms with Gasteiger partial charge < -0.3 is 0 Å². The van der Waals surface area contributed by atoms with Crippen molar-refractivity contribution in [3.63, 3.8) is 0 Å². The second kappa shape index (κ2) is 2.96. The van der Waals surface area contributed by atoms with Gasteiger partial charge >= 0.3 is 0 Å². The van der Waals surface area contributed by atoms with Crippen molar-refractivity contribution < 1.29 is 0 Å². The molecule has 0 unspecified atom stereocenters. The largest absolute Gasteiger partial charge is 0.272 e. The molecular weight excluding hydrogens is 253 g/mol. The molecule has 0 spiro atoms. The number of aromatic nitrogens is 3. The van der Waals surface area contributed by atoms with Crippen molar-refractivity contribution in [2.75, 3.05) is 0 Å². The second-order valence-electron chi connectivity index (χ2n) is 2.83. The fraction of sp³-hybridized carbons (Fsp3) is 0.250. The van der Waals surface area contributed by atoms with Crippen LogP contribution in [0.25, 0.3) is 10.9 Å². The number of pyridine rings is 1. The van der Waals surface area contributed by atoms with E-state index in [0.717, 1.165) is 21.1 Å². The zero-order valence-electron chi connectivity index (χ0n) is 7.17. The topological polar surface area (TPSA) is 30.7 Å². The zero-order chi connectivity index (χ0) is 9.59. The van der Waals surface area contributed by atoms with Crippen molar-refractivity contribution >= 4 is 38.4 Å². The highest BCUT2D eigenvalue weighted by Gasteiger charge is 2.11. The summed E-state index contributed by atoms with van der Waals surface area (Å²) in [5.41, 5.74) is 1.88. The number of halogens is 2. The Labute approximate surface area is 88.8 Å². The average molecular weight is 261 g/mol. The van der Waals surface area contributed by atoms with Crippen molar-refractivity contribution in [1.82, 2.24) is 14.8 Å². The van der Waals surface area contributed by atoms with Crippen molar-refractivity contribution in [3.8, 4) is 0 Å². The lowest BCUT2D eigenvalue weighted by Gasteiger charge is -1.95. The van der Waals surface area contributed by atoms with Gasteiger partial charge in [-0.25, -0.2) is 4.98 Å². The van der Waals surface area contributed by atoms with Crippen LogP contribution in [0.3, 0.4) is 0 Å². The Morgan fingerprint density at radius 2 is 2.23 bits per heavy atom. The minimum Gasteiger partial charge on any atom is -0.272 e. The fourth-order valence-corrected chi connectivity index (χ4v) is 1.92. The maximum Gasteiger partial charge on any atom is 0.140 e. The third kappa shape index (κ3) is 1.25. The van der Waals surface area contributed by atoms with E-state index in [-0.39, 0.29) is 0 Å². The van der Waals surface area contributed by atoms with Gasteiger partial charge in [-0.05, 0) is 22.9 Å². The molecule has 0 aliphatic heterocycles. The summed E-state index contributed by atoms with van der Waals surface area (Å²) in [7, 11) is 1.89. The van der Waals surface area contributed by atoms with E-state index >= 15 is 0 Å². The molecule has 0 N–H and O–H groups in total. The van der Waals surface area contributed by atoms with Crippen molar-refractivity contribution in [3.05, 3.63) is 21.5 Å². The Morgan fingerprint density at radius 1 is 1.54 bits per heavy atom. The molecular formula is C8H7BrClN3. The van der Waals surface area contributed by atoms with E-state index in [9.17, 15) is 0 Å². The first-order valence-electron chi connectivity index (χ1n) is 3.74. The summed E-state index contributed by atoms with van der Waals surface area (Å²) in [4.78, 5) is 4.05. The molecule has 5 heteroatoms. The monoisotopic (exact) mass is 259 g/mol. The summed E-state index contributed by atoms with van der Waals surface area (Å²) >= 11 is 9.34. The molecule has 0 saturated heterocycles. The van der Waals surface area contributed by atoms with Crippen molar-refractivity contribution in [2.24, 2.45) is 7.05 Å². The first-order valence-corrected chi connectivity index (χ1v) is 4.91. The van der Waals surface area contributed by atoms with Crippen LogP contribution in [-0.2, 0) is 7.05 Å². The van der Waals surface area contributed by atoms with Gasteiger partial charge in [-0.15, -0.1) is 0 Å². The number of hydrogen-bond acceptors (Lipinski definition) is 2. The number of nitrogens with zero attached hydrogens (tertiary/aromatic N) is 3. The van der Waals surface area contributed by atoms with Gasteiger partial charge in [-0.2, -0.15) is 5.10 Å². The van der Waals surface area contributed by atoms with Gasteiger partial charge in [-0.3, -0.25) is 4.68 Å². The van der Waals surface area contributed by atoms with Crippen molar-refractivity contribution in [1.29, 1.82) is 0 Å². The van der Waals surface area contributed by atoms with Gasteiger partial charge in [0, 0.05) is 18.9 Å². The molecule has 2 heterocycles. The van der Waals surface area contributed by atoms with Crippen molar-refractivity contribution in [2.45, 2.75) is 6.92 Å². The Morgan fingerprint density at radius 3 is 2.85 bits per heavy atom. The average Bonchev–Trinajstić information content (AvgIpc) is 2.38. The second-order valence-corrected chi connectivity index (χ2v) is 4.04. The van der Waals surface area contributed by atoms with E-state index in [1.165, 1.54) is 0 Å². The van der Waals surface area contributed by atoms with Gasteiger partial charge in [0.25, 0.3) is 0 Å². The number of aryl methyl sites for hydroxylation is 2. The summed E-state index contributed by atoms with van der Waals surface area (Å²) in [6, 6.07) is 0. The standard InChI is InChI=1S/C8H7BrClN3/c1-4-6-7(12-13(4)2)5(9)3-11-8(6)10/h3H,1-2H3. The fourth-order valence-electron chi connectivity index (χ4n) is 1.26. The predicted octanol–water partition coefficient (Wildman–Crippen LogP) is 2.69. The van der Waals surface area contributed by atoms with Gasteiger partial charge in [-0.1, -0.05) is 11.6 Å².